The van der Waals surface area contributed by atoms with Crippen molar-refractivity contribution in [2.75, 3.05) is 36.1 Å². The third kappa shape index (κ3) is 5.02. The number of nitrogens with zero attached hydrogens (tertiary/aromatic N) is 3. The lowest BCUT2D eigenvalue weighted by molar-refractivity contribution is -0.118. The van der Waals surface area contributed by atoms with Crippen LogP contribution in [-0.4, -0.2) is 55.9 Å². The molecule has 5 rings (SSSR count). The number of aryl methyl sites for hydroxylation is 1. The third-order valence-electron chi connectivity index (χ3n) is 6.36. The van der Waals surface area contributed by atoms with E-state index in [9.17, 15) is 18.0 Å². The number of amides is 2. The molecule has 11 heteroatoms. The van der Waals surface area contributed by atoms with Crippen LogP contribution < -0.4 is 15.5 Å². The summed E-state index contributed by atoms with van der Waals surface area (Å²) in [6, 6.07) is 16.2. The molecule has 9 nitrogen and oxygen atoms in total. The zero-order valence-corrected chi connectivity index (χ0v) is 21.7. The van der Waals surface area contributed by atoms with Gasteiger partial charge in [-0.05, 0) is 54.1 Å². The maximum atomic E-state index is 15.1. The van der Waals surface area contributed by atoms with Gasteiger partial charge >= 0.3 is 0 Å². The van der Waals surface area contributed by atoms with Gasteiger partial charge in [0.2, 0.25) is 5.91 Å². The zero-order chi connectivity index (χ0) is 27.0. The van der Waals surface area contributed by atoms with Crippen molar-refractivity contribution in [2.24, 2.45) is 0 Å². The van der Waals surface area contributed by atoms with Crippen molar-refractivity contribution in [3.63, 3.8) is 0 Å². The second-order valence-corrected chi connectivity index (χ2v) is 11.2. The summed E-state index contributed by atoms with van der Waals surface area (Å²) < 4.78 is 41.7. The fourth-order valence-electron chi connectivity index (χ4n) is 4.52. The molecule has 1 saturated heterocycles. The molecule has 0 aliphatic carbocycles. The summed E-state index contributed by atoms with van der Waals surface area (Å²) in [5.41, 5.74) is 1.07. The smallest absolute Gasteiger partial charge is 0.274 e. The number of fused-ring (bicyclic) bond motifs is 1. The lowest BCUT2D eigenvalue weighted by Crippen LogP contribution is -2.32. The highest BCUT2D eigenvalue weighted by molar-refractivity contribution is 7.90. The number of anilines is 2. The Kier molecular flexibility index (Phi) is 6.72. The summed E-state index contributed by atoms with van der Waals surface area (Å²) >= 11 is 0. The van der Waals surface area contributed by atoms with Crippen molar-refractivity contribution < 1.29 is 22.4 Å². The maximum absolute atomic E-state index is 15.1. The highest BCUT2D eigenvalue weighted by Gasteiger charge is 2.24. The van der Waals surface area contributed by atoms with Crippen molar-refractivity contribution in [3.05, 3.63) is 77.9 Å². The molecule has 4 aromatic rings. The van der Waals surface area contributed by atoms with E-state index in [0.29, 0.717) is 37.4 Å². The molecule has 38 heavy (non-hydrogen) atoms. The molecule has 0 radical (unpaired) electrons. The van der Waals surface area contributed by atoms with Gasteiger partial charge in [0, 0.05) is 38.0 Å². The van der Waals surface area contributed by atoms with Gasteiger partial charge in [0.05, 0.1) is 22.0 Å². The van der Waals surface area contributed by atoms with Crippen LogP contribution in [-0.2, 0) is 14.6 Å². The highest BCUT2D eigenvalue weighted by Crippen LogP contribution is 2.29. The van der Waals surface area contributed by atoms with Gasteiger partial charge < -0.3 is 15.5 Å². The lowest BCUT2D eigenvalue weighted by Gasteiger charge is -2.21. The highest BCUT2D eigenvalue weighted by atomic mass is 32.2. The third-order valence-corrected chi connectivity index (χ3v) is 7.49. The van der Waals surface area contributed by atoms with Gasteiger partial charge in [-0.25, -0.2) is 17.5 Å². The van der Waals surface area contributed by atoms with E-state index in [-0.39, 0.29) is 27.9 Å². The van der Waals surface area contributed by atoms with Gasteiger partial charge in [-0.2, -0.15) is 5.10 Å². The van der Waals surface area contributed by atoms with Gasteiger partial charge in [-0.1, -0.05) is 24.3 Å². The number of nitrogens with one attached hydrogen (secondary N) is 2. The largest absolute Gasteiger partial charge is 0.318 e. The molecule has 0 saturated carbocycles. The SMILES string of the molecule is Cc1cc(C(=O)Nc2ccc(N3CCNCCC3=O)cc2F)n(-c2cc3ccccc3cc2S(C)(=O)=O)n1. The van der Waals surface area contributed by atoms with Crippen molar-refractivity contribution in [1.82, 2.24) is 15.1 Å². The summed E-state index contributed by atoms with van der Waals surface area (Å²) in [6.45, 7) is 3.25. The van der Waals surface area contributed by atoms with Gasteiger partial charge in [0.15, 0.2) is 9.84 Å². The number of sulfone groups is 1. The molecule has 2 N–H and O–H groups in total. The van der Waals surface area contributed by atoms with E-state index >= 15 is 4.39 Å². The molecule has 1 aliphatic rings. The molecular weight excluding hydrogens is 509 g/mol. The van der Waals surface area contributed by atoms with Gasteiger partial charge in [0.25, 0.3) is 5.91 Å². The fraction of sp³-hybridized carbons (Fsp3) is 0.222. The van der Waals surface area contributed by atoms with Crippen LogP contribution in [0.3, 0.4) is 0 Å². The summed E-state index contributed by atoms with van der Waals surface area (Å²) in [6.07, 6.45) is 1.41. The van der Waals surface area contributed by atoms with Crippen molar-refractivity contribution >= 4 is 43.8 Å². The van der Waals surface area contributed by atoms with Crippen LogP contribution in [0.15, 0.2) is 65.6 Å². The molecule has 0 unspecified atom stereocenters. The first-order valence-corrected chi connectivity index (χ1v) is 13.9. The number of halogens is 1. The van der Waals surface area contributed by atoms with E-state index in [4.69, 9.17) is 0 Å². The average molecular weight is 536 g/mol. The monoisotopic (exact) mass is 535 g/mol. The van der Waals surface area contributed by atoms with E-state index < -0.39 is 21.6 Å². The van der Waals surface area contributed by atoms with Crippen LogP contribution in [0.25, 0.3) is 16.5 Å². The van der Waals surface area contributed by atoms with E-state index in [0.717, 1.165) is 17.0 Å². The van der Waals surface area contributed by atoms with Crippen molar-refractivity contribution in [1.29, 1.82) is 0 Å². The Balaban J connectivity index is 1.50. The number of rotatable bonds is 5. The number of hydrogen-bond acceptors (Lipinski definition) is 6. The van der Waals surface area contributed by atoms with E-state index in [1.54, 1.807) is 31.2 Å². The van der Waals surface area contributed by atoms with E-state index in [2.05, 4.69) is 15.7 Å². The summed E-state index contributed by atoms with van der Waals surface area (Å²) in [4.78, 5) is 27.2. The van der Waals surface area contributed by atoms with Gasteiger partial charge in [-0.3, -0.25) is 9.59 Å². The Morgan fingerprint density at radius 3 is 2.50 bits per heavy atom. The molecule has 1 fully saturated rings. The minimum absolute atomic E-state index is 0.0143. The number of aromatic nitrogens is 2. The predicted molar refractivity (Wildman–Crippen MR) is 143 cm³/mol. The zero-order valence-electron chi connectivity index (χ0n) is 20.9. The molecular formula is C27H26FN5O4S. The number of carbonyl (C=O) groups excluding carboxylic acids is 2. The normalized spacial score (nSPS) is 14.5. The van der Waals surface area contributed by atoms with Crippen LogP contribution in [0.1, 0.15) is 22.6 Å². The topological polar surface area (TPSA) is 113 Å². The van der Waals surface area contributed by atoms with E-state index in [1.807, 2.05) is 18.2 Å². The second kappa shape index (κ2) is 9.99. The summed E-state index contributed by atoms with van der Waals surface area (Å²) in [5, 5.41) is 11.6. The molecule has 0 spiro atoms. The molecule has 3 aromatic carbocycles. The van der Waals surface area contributed by atoms with Gasteiger partial charge in [0.1, 0.15) is 11.5 Å². The number of benzene rings is 3. The molecule has 1 aromatic heterocycles. The van der Waals surface area contributed by atoms with Crippen LogP contribution >= 0.6 is 0 Å². The summed E-state index contributed by atoms with van der Waals surface area (Å²) in [5.74, 6) is -1.48. The van der Waals surface area contributed by atoms with Crippen LogP contribution in [0, 0.1) is 12.7 Å². The Hall–Kier alpha value is -4.09. The molecule has 0 bridgehead atoms. The first-order valence-electron chi connectivity index (χ1n) is 12.0. The predicted octanol–water partition coefficient (Wildman–Crippen LogP) is 3.46. The summed E-state index contributed by atoms with van der Waals surface area (Å²) in [7, 11) is -3.68. The Bertz CT molecular complexity index is 1680. The first kappa shape index (κ1) is 25.6. The lowest BCUT2D eigenvalue weighted by atomic mass is 10.1. The fourth-order valence-corrected chi connectivity index (χ4v) is 5.38. The number of hydrogen-bond donors (Lipinski definition) is 2. The Morgan fingerprint density at radius 2 is 1.79 bits per heavy atom. The maximum Gasteiger partial charge on any atom is 0.274 e. The minimum atomic E-state index is -3.68. The molecule has 0 atom stereocenters. The second-order valence-electron chi connectivity index (χ2n) is 9.19. The van der Waals surface area contributed by atoms with Crippen molar-refractivity contribution in [2.45, 2.75) is 18.2 Å². The van der Waals surface area contributed by atoms with E-state index in [1.165, 1.54) is 27.8 Å². The number of carbonyl (C=O) groups is 2. The standard InChI is InChI=1S/C27H26FN5O4S/c1-17-13-24(33(31-17)23-14-18-5-3-4-6-19(18)15-25(23)38(2,36)37)27(35)30-22-8-7-20(16-21(22)28)32-12-11-29-10-9-26(32)34/h3-8,13-16,29H,9-12H2,1-2H3,(H,30,35). The van der Waals surface area contributed by atoms with Crippen LogP contribution in [0.4, 0.5) is 15.8 Å². The quantitative estimate of drug-likeness (QED) is 0.405. The molecule has 196 valence electrons. The molecule has 2 heterocycles. The Morgan fingerprint density at radius 1 is 1.05 bits per heavy atom. The van der Waals surface area contributed by atoms with Gasteiger partial charge in [-0.15, -0.1) is 0 Å². The Labute approximate surface area is 219 Å². The molecule has 1 aliphatic heterocycles. The molecule has 2 amide bonds. The van der Waals surface area contributed by atoms with Crippen molar-refractivity contribution in [3.8, 4) is 5.69 Å². The van der Waals surface area contributed by atoms with Crippen LogP contribution in [0.5, 0.6) is 0 Å². The van der Waals surface area contributed by atoms with Crippen LogP contribution in [0.2, 0.25) is 0 Å². The minimum Gasteiger partial charge on any atom is -0.318 e. The first-order chi connectivity index (χ1) is 18.1. The average Bonchev–Trinajstić information content (AvgIpc) is 3.14.